The fraction of sp³-hybridized carbons (Fsp3) is 0.211. The molecule has 0 aliphatic rings. The van der Waals surface area contributed by atoms with Gasteiger partial charge in [-0.1, -0.05) is 35.5 Å². The van der Waals surface area contributed by atoms with E-state index in [1.54, 1.807) is 60.8 Å². The number of para-hydroxylation sites is 1. The Hall–Kier alpha value is -3.56. The summed E-state index contributed by atoms with van der Waals surface area (Å²) in [4.78, 5) is 27.9. The molecule has 0 saturated carbocycles. The molecule has 2 rings (SSSR count). The van der Waals surface area contributed by atoms with Crippen LogP contribution in [0.4, 0.5) is 29.3 Å². The Morgan fingerprint density at radius 2 is 1.55 bits per heavy atom. The smallest absolute Gasteiger partial charge is 0.385 e. The number of hydrogen-bond acceptors (Lipinski definition) is 4. The van der Waals surface area contributed by atoms with Gasteiger partial charge in [0.25, 0.3) is 5.91 Å². The standard InChI is InChI=1S/C19H19F3N4O3/c1-13(26-29-11-17(27)23-12-19(20,21)22)14-7-9-16(10-8-14)25-18(28)24-15-5-3-2-4-6-15/h2-10H,11-12H2,1H3,(H,23,27)(H2,24,25,28)/b26-13+. The monoisotopic (exact) mass is 408 g/mol. The predicted octanol–water partition coefficient (Wildman–Crippen LogP) is 3.75. The van der Waals surface area contributed by atoms with E-state index >= 15 is 0 Å². The van der Waals surface area contributed by atoms with Crippen LogP contribution in [-0.2, 0) is 9.63 Å². The van der Waals surface area contributed by atoms with E-state index < -0.39 is 31.3 Å². The van der Waals surface area contributed by atoms with E-state index in [2.05, 4.69) is 15.8 Å². The first-order valence-corrected chi connectivity index (χ1v) is 8.46. The van der Waals surface area contributed by atoms with Crippen LogP contribution in [0.5, 0.6) is 0 Å². The van der Waals surface area contributed by atoms with Gasteiger partial charge in [-0.3, -0.25) is 4.79 Å². The molecule has 0 fully saturated rings. The van der Waals surface area contributed by atoms with E-state index in [0.29, 0.717) is 22.6 Å². The summed E-state index contributed by atoms with van der Waals surface area (Å²) in [7, 11) is 0. The zero-order valence-electron chi connectivity index (χ0n) is 15.4. The number of amides is 3. The Labute approximate surface area is 164 Å². The molecule has 154 valence electrons. The van der Waals surface area contributed by atoms with Crippen LogP contribution in [0.25, 0.3) is 0 Å². The molecule has 29 heavy (non-hydrogen) atoms. The zero-order valence-corrected chi connectivity index (χ0v) is 15.4. The number of carbonyl (C=O) groups excluding carboxylic acids is 2. The summed E-state index contributed by atoms with van der Waals surface area (Å²) in [5.41, 5.74) is 2.26. The molecule has 2 aromatic carbocycles. The van der Waals surface area contributed by atoms with Crippen molar-refractivity contribution in [1.82, 2.24) is 5.32 Å². The summed E-state index contributed by atoms with van der Waals surface area (Å²) < 4.78 is 36.0. The van der Waals surface area contributed by atoms with Crippen molar-refractivity contribution in [2.75, 3.05) is 23.8 Å². The Morgan fingerprint density at radius 3 is 2.14 bits per heavy atom. The van der Waals surface area contributed by atoms with Crippen LogP contribution in [0, 0.1) is 0 Å². The molecule has 10 heteroatoms. The van der Waals surface area contributed by atoms with Crippen molar-refractivity contribution in [3.05, 3.63) is 60.2 Å². The molecule has 0 aliphatic heterocycles. The fourth-order valence-electron chi connectivity index (χ4n) is 2.10. The predicted molar refractivity (Wildman–Crippen MR) is 103 cm³/mol. The van der Waals surface area contributed by atoms with Crippen LogP contribution in [0.1, 0.15) is 12.5 Å². The first-order valence-electron chi connectivity index (χ1n) is 8.46. The lowest BCUT2D eigenvalue weighted by atomic mass is 10.1. The van der Waals surface area contributed by atoms with Gasteiger partial charge in [0.1, 0.15) is 6.54 Å². The molecular formula is C19H19F3N4O3. The minimum Gasteiger partial charge on any atom is -0.385 e. The number of anilines is 2. The summed E-state index contributed by atoms with van der Waals surface area (Å²) in [5, 5.41) is 10.7. The quantitative estimate of drug-likeness (QED) is 0.481. The van der Waals surface area contributed by atoms with Gasteiger partial charge in [-0.2, -0.15) is 13.2 Å². The second kappa shape index (κ2) is 10.1. The molecule has 0 aromatic heterocycles. The van der Waals surface area contributed by atoms with Gasteiger partial charge in [-0.15, -0.1) is 0 Å². The van der Waals surface area contributed by atoms with Crippen molar-refractivity contribution in [2.45, 2.75) is 13.1 Å². The fourth-order valence-corrected chi connectivity index (χ4v) is 2.10. The molecule has 0 heterocycles. The number of oxime groups is 1. The third-order valence-corrected chi connectivity index (χ3v) is 3.48. The normalized spacial score (nSPS) is 11.5. The van der Waals surface area contributed by atoms with Crippen LogP contribution >= 0.6 is 0 Å². The van der Waals surface area contributed by atoms with E-state index in [4.69, 9.17) is 4.84 Å². The van der Waals surface area contributed by atoms with Crippen LogP contribution in [0.2, 0.25) is 0 Å². The first kappa shape index (κ1) is 21.7. The van der Waals surface area contributed by atoms with Gasteiger partial charge < -0.3 is 20.8 Å². The lowest BCUT2D eigenvalue weighted by molar-refractivity contribution is -0.141. The van der Waals surface area contributed by atoms with Crippen molar-refractivity contribution in [3.63, 3.8) is 0 Å². The molecule has 0 bridgehead atoms. The van der Waals surface area contributed by atoms with Gasteiger partial charge in [0.05, 0.1) is 5.71 Å². The van der Waals surface area contributed by atoms with Crippen LogP contribution < -0.4 is 16.0 Å². The topological polar surface area (TPSA) is 91.8 Å². The van der Waals surface area contributed by atoms with Crippen LogP contribution in [0.15, 0.2) is 59.8 Å². The maximum Gasteiger partial charge on any atom is 0.405 e. The second-order valence-electron chi connectivity index (χ2n) is 5.86. The Balaban J connectivity index is 1.81. The molecule has 0 radical (unpaired) electrons. The van der Waals surface area contributed by atoms with E-state index in [1.807, 2.05) is 6.07 Å². The maximum absolute atomic E-state index is 12.0. The lowest BCUT2D eigenvalue weighted by Gasteiger charge is -2.09. The zero-order chi connectivity index (χ0) is 21.3. The highest BCUT2D eigenvalue weighted by molar-refractivity contribution is 6.01. The molecule has 2 aromatic rings. The number of rotatable bonds is 7. The van der Waals surface area contributed by atoms with Gasteiger partial charge in [-0.25, -0.2) is 4.79 Å². The number of carbonyl (C=O) groups is 2. The van der Waals surface area contributed by atoms with E-state index in [1.165, 1.54) is 0 Å². The Kier molecular flexibility index (Phi) is 7.58. The molecule has 3 N–H and O–H groups in total. The lowest BCUT2D eigenvalue weighted by Crippen LogP contribution is -2.35. The number of alkyl halides is 3. The minimum atomic E-state index is -4.48. The average molecular weight is 408 g/mol. The van der Waals surface area contributed by atoms with Gasteiger partial charge >= 0.3 is 12.2 Å². The van der Waals surface area contributed by atoms with E-state index in [-0.39, 0.29) is 0 Å². The number of nitrogens with zero attached hydrogens (tertiary/aromatic N) is 1. The van der Waals surface area contributed by atoms with Gasteiger partial charge in [0, 0.05) is 11.4 Å². The van der Waals surface area contributed by atoms with Crippen molar-refractivity contribution in [1.29, 1.82) is 0 Å². The molecule has 0 spiro atoms. The third kappa shape index (κ3) is 8.33. The first-order chi connectivity index (χ1) is 13.7. The number of hydrogen-bond donors (Lipinski definition) is 3. The Morgan fingerprint density at radius 1 is 0.966 bits per heavy atom. The number of urea groups is 1. The molecule has 0 aliphatic carbocycles. The third-order valence-electron chi connectivity index (χ3n) is 3.48. The van der Waals surface area contributed by atoms with Crippen molar-refractivity contribution in [3.8, 4) is 0 Å². The minimum absolute atomic E-state index is 0.400. The highest BCUT2D eigenvalue weighted by Crippen LogP contribution is 2.13. The van der Waals surface area contributed by atoms with Crippen LogP contribution in [0.3, 0.4) is 0 Å². The Bertz CT molecular complexity index is 853. The van der Waals surface area contributed by atoms with Gasteiger partial charge in [0.2, 0.25) is 0 Å². The number of halogens is 3. The highest BCUT2D eigenvalue weighted by atomic mass is 19.4. The van der Waals surface area contributed by atoms with E-state index in [0.717, 1.165) is 0 Å². The summed E-state index contributed by atoms with van der Waals surface area (Å²) >= 11 is 0. The molecular weight excluding hydrogens is 389 g/mol. The molecule has 0 saturated heterocycles. The summed E-state index contributed by atoms with van der Waals surface area (Å²) in [6.45, 7) is -0.449. The second-order valence-corrected chi connectivity index (χ2v) is 5.86. The van der Waals surface area contributed by atoms with Crippen molar-refractivity contribution >= 4 is 29.0 Å². The van der Waals surface area contributed by atoms with Crippen molar-refractivity contribution < 1.29 is 27.6 Å². The van der Waals surface area contributed by atoms with Crippen LogP contribution in [-0.4, -0.2) is 37.0 Å². The summed E-state index contributed by atoms with van der Waals surface area (Å²) in [6.07, 6.45) is -4.48. The molecule has 0 atom stereocenters. The number of benzene rings is 2. The summed E-state index contributed by atoms with van der Waals surface area (Å²) in [6, 6.07) is 15.2. The van der Waals surface area contributed by atoms with Gasteiger partial charge in [-0.05, 0) is 36.8 Å². The average Bonchev–Trinajstić information content (AvgIpc) is 2.67. The van der Waals surface area contributed by atoms with E-state index in [9.17, 15) is 22.8 Å². The SMILES string of the molecule is C/C(=N\OCC(=O)NCC(F)(F)F)c1ccc(NC(=O)Nc2ccccc2)cc1. The van der Waals surface area contributed by atoms with Gasteiger partial charge in [0.15, 0.2) is 6.61 Å². The number of nitrogens with one attached hydrogen (secondary N) is 3. The molecule has 0 unspecified atom stereocenters. The maximum atomic E-state index is 12.0. The summed E-state index contributed by atoms with van der Waals surface area (Å²) in [5.74, 6) is -0.928. The molecule has 7 nitrogen and oxygen atoms in total. The molecule has 3 amide bonds. The highest BCUT2D eigenvalue weighted by Gasteiger charge is 2.27. The van der Waals surface area contributed by atoms with Crippen molar-refractivity contribution in [2.24, 2.45) is 5.16 Å². The largest absolute Gasteiger partial charge is 0.405 e.